The smallest absolute Gasteiger partial charge is 0.304 e. The molecule has 0 heterocycles. The molecule has 0 aromatic heterocycles. The third-order valence-corrected chi connectivity index (χ3v) is 2.86. The normalized spacial score (nSPS) is 10.8. The monoisotopic (exact) mass is 318 g/mol. The summed E-state index contributed by atoms with van der Waals surface area (Å²) in [6.07, 6.45) is 0.569. The predicted octanol–water partition coefficient (Wildman–Crippen LogP) is 2.23. The van der Waals surface area contributed by atoms with E-state index in [1.54, 1.807) is 4.90 Å². The van der Waals surface area contributed by atoms with Crippen LogP contribution in [0.3, 0.4) is 0 Å². The number of carboxylic acids is 1. The lowest BCUT2D eigenvalue weighted by atomic mass is 10.2. The zero-order valence-electron chi connectivity index (χ0n) is 12.0. The Kier molecular flexibility index (Phi) is 6.84. The van der Waals surface area contributed by atoms with Crippen LogP contribution >= 0.6 is 0 Å². The second-order valence-corrected chi connectivity index (χ2v) is 4.69. The number of rotatable bonds is 8. The third-order valence-electron chi connectivity index (χ3n) is 2.86. The number of nitrogens with zero attached hydrogens (tertiary/aromatic N) is 1. The van der Waals surface area contributed by atoms with E-state index in [4.69, 9.17) is 5.11 Å². The van der Waals surface area contributed by atoms with Crippen LogP contribution in [0.15, 0.2) is 12.1 Å². The zero-order valence-corrected chi connectivity index (χ0v) is 12.0. The number of amides is 1. The van der Waals surface area contributed by atoms with E-state index in [0.29, 0.717) is 19.0 Å². The molecule has 0 bridgehead atoms. The lowest BCUT2D eigenvalue weighted by Crippen LogP contribution is -2.35. The first-order valence-electron chi connectivity index (χ1n) is 6.72. The first-order valence-corrected chi connectivity index (χ1v) is 6.72. The molecule has 22 heavy (non-hydrogen) atoms. The van der Waals surface area contributed by atoms with E-state index >= 15 is 0 Å². The molecule has 5 nitrogen and oxygen atoms in total. The summed E-state index contributed by atoms with van der Waals surface area (Å²) in [4.78, 5) is 23.9. The highest BCUT2D eigenvalue weighted by molar-refractivity contribution is 5.92. The van der Waals surface area contributed by atoms with Crippen LogP contribution in [0.4, 0.5) is 18.9 Å². The van der Waals surface area contributed by atoms with Crippen molar-refractivity contribution >= 4 is 17.6 Å². The molecule has 0 saturated carbocycles. The van der Waals surface area contributed by atoms with Gasteiger partial charge in [0.25, 0.3) is 0 Å². The Bertz CT molecular complexity index is 552. The summed E-state index contributed by atoms with van der Waals surface area (Å²) >= 11 is 0. The lowest BCUT2D eigenvalue weighted by Gasteiger charge is -2.20. The Balaban J connectivity index is 2.67. The molecule has 0 fully saturated rings. The van der Waals surface area contributed by atoms with Crippen LogP contribution in [0.2, 0.25) is 0 Å². The largest absolute Gasteiger partial charge is 0.481 e. The lowest BCUT2D eigenvalue weighted by molar-refractivity contribution is -0.137. The maximum Gasteiger partial charge on any atom is 0.304 e. The minimum Gasteiger partial charge on any atom is -0.481 e. The van der Waals surface area contributed by atoms with E-state index < -0.39 is 35.0 Å². The topological polar surface area (TPSA) is 69.6 Å². The second kappa shape index (κ2) is 8.38. The molecule has 0 aliphatic heterocycles. The van der Waals surface area contributed by atoms with Gasteiger partial charge < -0.3 is 10.4 Å². The number of hydrogen-bond acceptors (Lipinski definition) is 3. The average Bonchev–Trinajstić information content (AvgIpc) is 2.45. The highest BCUT2D eigenvalue weighted by Gasteiger charge is 2.17. The van der Waals surface area contributed by atoms with E-state index in [1.165, 1.54) is 0 Å². The van der Waals surface area contributed by atoms with Crippen LogP contribution in [-0.2, 0) is 9.59 Å². The van der Waals surface area contributed by atoms with Gasteiger partial charge in [-0.05, 0) is 25.1 Å². The molecule has 0 atom stereocenters. The fraction of sp³-hybridized carbons (Fsp3) is 0.429. The van der Waals surface area contributed by atoms with Crippen LogP contribution in [0, 0.1) is 17.5 Å². The molecule has 0 radical (unpaired) electrons. The van der Waals surface area contributed by atoms with Gasteiger partial charge in [0.05, 0.1) is 18.7 Å². The van der Waals surface area contributed by atoms with Gasteiger partial charge in [-0.15, -0.1) is 0 Å². The summed E-state index contributed by atoms with van der Waals surface area (Å²) in [5, 5.41) is 10.8. The van der Waals surface area contributed by atoms with E-state index in [1.807, 2.05) is 6.92 Å². The van der Waals surface area contributed by atoms with Gasteiger partial charge in [0.15, 0.2) is 17.5 Å². The number of anilines is 1. The standard InChI is InChI=1S/C14H17F3N2O3/c1-2-6-19(7-5-12(21)22)8-11(20)18-10-4-3-9(15)13(16)14(10)17/h3-4H,2,5-8H2,1H3,(H,18,20)(H,21,22). The van der Waals surface area contributed by atoms with Crippen LogP contribution in [0.5, 0.6) is 0 Å². The van der Waals surface area contributed by atoms with Crippen molar-refractivity contribution in [3.05, 3.63) is 29.6 Å². The number of benzene rings is 1. The van der Waals surface area contributed by atoms with Crippen molar-refractivity contribution in [1.82, 2.24) is 4.90 Å². The van der Waals surface area contributed by atoms with Crippen molar-refractivity contribution in [3.8, 4) is 0 Å². The molecule has 0 aliphatic carbocycles. The van der Waals surface area contributed by atoms with Gasteiger partial charge in [-0.2, -0.15) is 0 Å². The third kappa shape index (κ3) is 5.36. The Hall–Kier alpha value is -2.09. The molecule has 0 saturated heterocycles. The number of carbonyl (C=O) groups is 2. The fourth-order valence-electron chi connectivity index (χ4n) is 1.86. The van der Waals surface area contributed by atoms with E-state index in [-0.39, 0.29) is 19.5 Å². The molecule has 1 rings (SSSR count). The van der Waals surface area contributed by atoms with Gasteiger partial charge in [0, 0.05) is 6.54 Å². The summed E-state index contributed by atoms with van der Waals surface area (Å²) in [6.45, 7) is 2.35. The molecule has 0 spiro atoms. The van der Waals surface area contributed by atoms with Gasteiger partial charge in [-0.3, -0.25) is 14.5 Å². The molecule has 122 valence electrons. The van der Waals surface area contributed by atoms with Gasteiger partial charge in [-0.1, -0.05) is 6.92 Å². The van der Waals surface area contributed by atoms with Gasteiger partial charge in [0.2, 0.25) is 5.91 Å². The Morgan fingerprint density at radius 3 is 2.45 bits per heavy atom. The Labute approximate surface area is 125 Å². The summed E-state index contributed by atoms with van der Waals surface area (Å²) in [7, 11) is 0. The summed E-state index contributed by atoms with van der Waals surface area (Å²) in [6, 6.07) is 1.63. The molecule has 0 aliphatic rings. The molecule has 1 aromatic carbocycles. The molecular formula is C14H17F3N2O3. The van der Waals surface area contributed by atoms with Gasteiger partial charge in [-0.25, -0.2) is 13.2 Å². The van der Waals surface area contributed by atoms with Crippen LogP contribution < -0.4 is 5.32 Å². The van der Waals surface area contributed by atoms with E-state index in [0.717, 1.165) is 6.07 Å². The molecule has 2 N–H and O–H groups in total. The quantitative estimate of drug-likeness (QED) is 0.721. The van der Waals surface area contributed by atoms with E-state index in [2.05, 4.69) is 5.32 Å². The molecule has 8 heteroatoms. The minimum absolute atomic E-state index is 0.132. The van der Waals surface area contributed by atoms with Crippen molar-refractivity contribution in [2.45, 2.75) is 19.8 Å². The maximum atomic E-state index is 13.4. The van der Waals surface area contributed by atoms with Crippen molar-refractivity contribution in [2.75, 3.05) is 25.0 Å². The first kappa shape index (κ1) is 18.0. The van der Waals surface area contributed by atoms with Gasteiger partial charge in [0.1, 0.15) is 0 Å². The number of aliphatic carboxylic acids is 1. The van der Waals surface area contributed by atoms with Crippen LogP contribution in [0.1, 0.15) is 19.8 Å². The summed E-state index contributed by atoms with van der Waals surface area (Å²) < 4.78 is 39.3. The van der Waals surface area contributed by atoms with E-state index in [9.17, 15) is 22.8 Å². The van der Waals surface area contributed by atoms with Crippen LogP contribution in [-0.4, -0.2) is 41.5 Å². The van der Waals surface area contributed by atoms with Crippen molar-refractivity contribution in [3.63, 3.8) is 0 Å². The molecule has 1 amide bonds. The molecule has 1 aromatic rings. The van der Waals surface area contributed by atoms with Crippen LogP contribution in [0.25, 0.3) is 0 Å². The fourth-order valence-corrected chi connectivity index (χ4v) is 1.86. The van der Waals surface area contributed by atoms with Crippen molar-refractivity contribution in [2.24, 2.45) is 0 Å². The number of nitrogens with one attached hydrogen (secondary N) is 1. The molecule has 0 unspecified atom stereocenters. The molecular weight excluding hydrogens is 301 g/mol. The highest BCUT2D eigenvalue weighted by Crippen LogP contribution is 2.19. The summed E-state index contributed by atoms with van der Waals surface area (Å²) in [5.74, 6) is -6.10. The predicted molar refractivity (Wildman–Crippen MR) is 73.9 cm³/mol. The zero-order chi connectivity index (χ0) is 16.7. The first-order chi connectivity index (χ1) is 10.3. The van der Waals surface area contributed by atoms with Crippen molar-refractivity contribution in [1.29, 1.82) is 0 Å². The Morgan fingerprint density at radius 2 is 1.86 bits per heavy atom. The SMILES string of the molecule is CCCN(CCC(=O)O)CC(=O)Nc1ccc(F)c(F)c1F. The second-order valence-electron chi connectivity index (χ2n) is 4.69. The number of carbonyl (C=O) groups excluding carboxylic acids is 1. The maximum absolute atomic E-state index is 13.4. The number of carboxylic acid groups (broad SMARTS) is 1. The minimum atomic E-state index is -1.66. The summed E-state index contributed by atoms with van der Waals surface area (Å²) in [5.41, 5.74) is -0.460. The van der Waals surface area contributed by atoms with Gasteiger partial charge >= 0.3 is 5.97 Å². The van der Waals surface area contributed by atoms with Crippen molar-refractivity contribution < 1.29 is 27.9 Å². The average molecular weight is 318 g/mol. The highest BCUT2D eigenvalue weighted by atomic mass is 19.2. The number of halogens is 3. The number of hydrogen-bond donors (Lipinski definition) is 2. The Morgan fingerprint density at radius 1 is 1.18 bits per heavy atom.